The Labute approximate surface area is 96.6 Å². The Morgan fingerprint density at radius 2 is 1.67 bits per heavy atom. The van der Waals surface area contributed by atoms with Gasteiger partial charge in [0.2, 0.25) is 0 Å². The third kappa shape index (κ3) is 6.16. The molecule has 0 bridgehead atoms. The van der Waals surface area contributed by atoms with Crippen molar-refractivity contribution in [3.8, 4) is 0 Å². The fourth-order valence-corrected chi connectivity index (χ4v) is 2.16. The normalized spacial score (nSPS) is 19.2. The summed E-state index contributed by atoms with van der Waals surface area (Å²) in [5.74, 6) is 0.796. The van der Waals surface area contributed by atoms with E-state index in [-0.39, 0.29) is 0 Å². The summed E-state index contributed by atoms with van der Waals surface area (Å²) in [6.45, 7) is 12.4. The van der Waals surface area contributed by atoms with Gasteiger partial charge in [-0.15, -0.1) is 0 Å². The summed E-state index contributed by atoms with van der Waals surface area (Å²) < 4.78 is 0. The van der Waals surface area contributed by atoms with Gasteiger partial charge in [0.1, 0.15) is 0 Å². The fourth-order valence-electron chi connectivity index (χ4n) is 2.16. The van der Waals surface area contributed by atoms with E-state index in [2.05, 4.69) is 37.7 Å². The van der Waals surface area contributed by atoms with Crippen LogP contribution in [0, 0.1) is 5.92 Å². The van der Waals surface area contributed by atoms with Crippen LogP contribution in [-0.2, 0) is 0 Å². The standard InChI is InChI=1S/C11H24N2.C2H6/c1-10(2)9-13(4)11-5-7-12(3)8-6-11;1-2/h10-11H,5-9H2,1-4H3;1-2H3. The molecule has 0 unspecified atom stereocenters. The van der Waals surface area contributed by atoms with Crippen molar-refractivity contribution >= 4 is 0 Å². The van der Waals surface area contributed by atoms with Crippen molar-refractivity contribution in [3.63, 3.8) is 0 Å². The maximum absolute atomic E-state index is 2.54. The van der Waals surface area contributed by atoms with Gasteiger partial charge >= 0.3 is 0 Å². The van der Waals surface area contributed by atoms with Crippen LogP contribution < -0.4 is 0 Å². The van der Waals surface area contributed by atoms with E-state index in [0.717, 1.165) is 12.0 Å². The number of likely N-dealkylation sites (tertiary alicyclic amines) is 1. The van der Waals surface area contributed by atoms with Gasteiger partial charge in [-0.05, 0) is 45.9 Å². The molecule has 92 valence electrons. The minimum absolute atomic E-state index is 0.796. The van der Waals surface area contributed by atoms with E-state index in [1.54, 1.807) is 0 Å². The molecule has 1 aliphatic rings. The average molecular weight is 214 g/mol. The molecule has 1 heterocycles. The number of hydrogen-bond donors (Lipinski definition) is 0. The number of piperidine rings is 1. The monoisotopic (exact) mass is 214 g/mol. The summed E-state index contributed by atoms with van der Waals surface area (Å²) in [6.07, 6.45) is 2.69. The predicted molar refractivity (Wildman–Crippen MR) is 69.3 cm³/mol. The smallest absolute Gasteiger partial charge is 0.0117 e. The van der Waals surface area contributed by atoms with Crippen molar-refractivity contribution in [2.75, 3.05) is 33.7 Å². The molecule has 0 N–H and O–H groups in total. The van der Waals surface area contributed by atoms with Crippen molar-refractivity contribution in [1.29, 1.82) is 0 Å². The molecule has 0 aromatic carbocycles. The largest absolute Gasteiger partial charge is 0.306 e. The molecule has 0 saturated carbocycles. The number of nitrogens with zero attached hydrogens (tertiary/aromatic N) is 2. The van der Waals surface area contributed by atoms with Crippen LogP contribution in [0.5, 0.6) is 0 Å². The highest BCUT2D eigenvalue weighted by molar-refractivity contribution is 4.76. The van der Waals surface area contributed by atoms with Crippen LogP contribution >= 0.6 is 0 Å². The van der Waals surface area contributed by atoms with Crippen molar-refractivity contribution < 1.29 is 0 Å². The second-order valence-corrected chi connectivity index (χ2v) is 4.87. The molecule has 0 radical (unpaired) electrons. The summed E-state index contributed by atoms with van der Waals surface area (Å²) in [5, 5.41) is 0. The van der Waals surface area contributed by atoms with Gasteiger partial charge in [0, 0.05) is 12.6 Å². The SMILES string of the molecule is CC.CC(C)CN(C)C1CCN(C)CC1. The molecule has 2 nitrogen and oxygen atoms in total. The molecular formula is C13H30N2. The van der Waals surface area contributed by atoms with Crippen LogP contribution in [0.2, 0.25) is 0 Å². The third-order valence-electron chi connectivity index (χ3n) is 2.96. The van der Waals surface area contributed by atoms with E-state index < -0.39 is 0 Å². The lowest BCUT2D eigenvalue weighted by molar-refractivity contribution is 0.134. The summed E-state index contributed by atoms with van der Waals surface area (Å²) >= 11 is 0. The van der Waals surface area contributed by atoms with Crippen LogP contribution in [-0.4, -0.2) is 49.6 Å². The third-order valence-corrected chi connectivity index (χ3v) is 2.96. The molecule has 2 heteroatoms. The van der Waals surface area contributed by atoms with Crippen LogP contribution in [0.25, 0.3) is 0 Å². The van der Waals surface area contributed by atoms with Crippen molar-refractivity contribution in [2.24, 2.45) is 5.92 Å². The first-order chi connectivity index (χ1) is 7.09. The Morgan fingerprint density at radius 3 is 2.07 bits per heavy atom. The maximum atomic E-state index is 2.54. The molecule has 0 aromatic rings. The van der Waals surface area contributed by atoms with Crippen LogP contribution in [0.4, 0.5) is 0 Å². The first kappa shape index (κ1) is 14.9. The van der Waals surface area contributed by atoms with Gasteiger partial charge in [-0.25, -0.2) is 0 Å². The fraction of sp³-hybridized carbons (Fsp3) is 1.00. The van der Waals surface area contributed by atoms with Gasteiger partial charge < -0.3 is 9.80 Å². The van der Waals surface area contributed by atoms with E-state index in [1.807, 2.05) is 13.8 Å². The zero-order chi connectivity index (χ0) is 11.8. The van der Waals surface area contributed by atoms with E-state index >= 15 is 0 Å². The highest BCUT2D eigenvalue weighted by Gasteiger charge is 2.20. The molecule has 15 heavy (non-hydrogen) atoms. The topological polar surface area (TPSA) is 6.48 Å². The summed E-state index contributed by atoms with van der Waals surface area (Å²) in [5.41, 5.74) is 0. The minimum atomic E-state index is 0.796. The van der Waals surface area contributed by atoms with Crippen molar-refractivity contribution in [3.05, 3.63) is 0 Å². The van der Waals surface area contributed by atoms with Gasteiger partial charge in [-0.3, -0.25) is 0 Å². The highest BCUT2D eigenvalue weighted by atomic mass is 15.2. The van der Waals surface area contributed by atoms with Crippen LogP contribution in [0.15, 0.2) is 0 Å². The molecule has 0 aromatic heterocycles. The predicted octanol–water partition coefficient (Wildman–Crippen LogP) is 2.69. The van der Waals surface area contributed by atoms with Gasteiger partial charge in [0.25, 0.3) is 0 Å². The van der Waals surface area contributed by atoms with Gasteiger partial charge in [-0.1, -0.05) is 27.7 Å². The summed E-state index contributed by atoms with van der Waals surface area (Å²) in [4.78, 5) is 4.97. The molecule has 0 amide bonds. The second-order valence-electron chi connectivity index (χ2n) is 4.87. The van der Waals surface area contributed by atoms with Crippen LogP contribution in [0.1, 0.15) is 40.5 Å². The summed E-state index contributed by atoms with van der Waals surface area (Å²) in [7, 11) is 4.49. The van der Waals surface area contributed by atoms with Crippen molar-refractivity contribution in [2.45, 2.75) is 46.6 Å². The zero-order valence-electron chi connectivity index (χ0n) is 11.6. The lowest BCUT2D eigenvalue weighted by Crippen LogP contribution is -2.43. The number of hydrogen-bond acceptors (Lipinski definition) is 2. The molecule has 1 rings (SSSR count). The first-order valence-electron chi connectivity index (χ1n) is 6.48. The minimum Gasteiger partial charge on any atom is -0.306 e. The Morgan fingerprint density at radius 1 is 1.20 bits per heavy atom. The van der Waals surface area contributed by atoms with Gasteiger partial charge in [0.05, 0.1) is 0 Å². The quantitative estimate of drug-likeness (QED) is 0.713. The van der Waals surface area contributed by atoms with E-state index in [4.69, 9.17) is 0 Å². The van der Waals surface area contributed by atoms with E-state index in [1.165, 1.54) is 32.5 Å². The Balaban J connectivity index is 0.000000921. The summed E-state index contributed by atoms with van der Waals surface area (Å²) in [6, 6.07) is 0.832. The van der Waals surface area contributed by atoms with Crippen LogP contribution in [0.3, 0.4) is 0 Å². The van der Waals surface area contributed by atoms with Gasteiger partial charge in [0.15, 0.2) is 0 Å². The van der Waals surface area contributed by atoms with Crippen molar-refractivity contribution in [1.82, 2.24) is 9.80 Å². The molecule has 1 aliphatic heterocycles. The Kier molecular flexibility index (Phi) is 8.07. The lowest BCUT2D eigenvalue weighted by atomic mass is 10.0. The highest BCUT2D eigenvalue weighted by Crippen LogP contribution is 2.14. The molecule has 0 atom stereocenters. The molecule has 0 spiro atoms. The molecule has 1 saturated heterocycles. The van der Waals surface area contributed by atoms with E-state index in [0.29, 0.717) is 0 Å². The lowest BCUT2D eigenvalue weighted by Gasteiger charge is -2.35. The molecule has 1 fully saturated rings. The average Bonchev–Trinajstić information content (AvgIpc) is 2.20. The molecular weight excluding hydrogens is 184 g/mol. The number of rotatable bonds is 3. The molecule has 0 aliphatic carbocycles. The second kappa shape index (κ2) is 8.12. The van der Waals surface area contributed by atoms with Gasteiger partial charge in [-0.2, -0.15) is 0 Å². The Hall–Kier alpha value is -0.0800. The Bertz CT molecular complexity index is 137. The van der Waals surface area contributed by atoms with E-state index in [9.17, 15) is 0 Å². The zero-order valence-corrected chi connectivity index (χ0v) is 11.6. The maximum Gasteiger partial charge on any atom is 0.0117 e. The first-order valence-corrected chi connectivity index (χ1v) is 6.48.